The van der Waals surface area contributed by atoms with Crippen LogP contribution < -0.4 is 11.1 Å². The van der Waals surface area contributed by atoms with Crippen molar-refractivity contribution in [3.8, 4) is 0 Å². The lowest BCUT2D eigenvalue weighted by molar-refractivity contribution is -0.0160. The van der Waals surface area contributed by atoms with Crippen LogP contribution in [0, 0.1) is 5.92 Å². The van der Waals surface area contributed by atoms with Crippen LogP contribution in [0.2, 0.25) is 0 Å². The molecule has 2 fully saturated rings. The highest BCUT2D eigenvalue weighted by atomic mass is 16.5. The van der Waals surface area contributed by atoms with E-state index in [1.165, 1.54) is 0 Å². The predicted molar refractivity (Wildman–Crippen MR) is 75.4 cm³/mol. The highest BCUT2D eigenvalue weighted by Gasteiger charge is 2.52. The minimum atomic E-state index is -0.0903. The fourth-order valence-electron chi connectivity index (χ4n) is 3.43. The summed E-state index contributed by atoms with van der Waals surface area (Å²) < 4.78 is 5.64. The van der Waals surface area contributed by atoms with Crippen LogP contribution in [-0.4, -0.2) is 35.7 Å². The standard InChI is InChI=1S/C15H17N3O2/c16-11-9-5-7-20-14(9)13(11)18-15(19)10-3-1-2-8-4-6-17-12(8)10/h1-4,6,9,11,13-14,17H,5,7,16H2,(H,18,19). The van der Waals surface area contributed by atoms with E-state index >= 15 is 0 Å². The number of hydrogen-bond acceptors (Lipinski definition) is 3. The largest absolute Gasteiger partial charge is 0.376 e. The molecule has 4 N–H and O–H groups in total. The van der Waals surface area contributed by atoms with E-state index in [0.717, 1.165) is 23.9 Å². The van der Waals surface area contributed by atoms with Crippen LogP contribution >= 0.6 is 0 Å². The average molecular weight is 271 g/mol. The third kappa shape index (κ3) is 1.60. The number of nitrogens with two attached hydrogens (primary N) is 1. The molecule has 1 saturated heterocycles. The molecule has 1 aromatic heterocycles. The molecule has 1 amide bonds. The van der Waals surface area contributed by atoms with Crippen molar-refractivity contribution in [2.24, 2.45) is 11.7 Å². The zero-order valence-electron chi connectivity index (χ0n) is 11.0. The molecule has 1 aliphatic carbocycles. The summed E-state index contributed by atoms with van der Waals surface area (Å²) in [6, 6.07) is 7.59. The van der Waals surface area contributed by atoms with Gasteiger partial charge < -0.3 is 20.8 Å². The Morgan fingerprint density at radius 3 is 3.20 bits per heavy atom. The van der Waals surface area contributed by atoms with E-state index < -0.39 is 0 Å². The molecule has 1 saturated carbocycles. The molecule has 5 nitrogen and oxygen atoms in total. The summed E-state index contributed by atoms with van der Waals surface area (Å²) in [5.41, 5.74) is 7.64. The molecular formula is C15H17N3O2. The van der Waals surface area contributed by atoms with Gasteiger partial charge in [-0.2, -0.15) is 0 Å². The van der Waals surface area contributed by atoms with Gasteiger partial charge in [-0.25, -0.2) is 0 Å². The smallest absolute Gasteiger partial charge is 0.253 e. The molecule has 0 radical (unpaired) electrons. The summed E-state index contributed by atoms with van der Waals surface area (Å²) >= 11 is 0. The normalized spacial score (nSPS) is 31.9. The average Bonchev–Trinajstić information content (AvgIpc) is 3.10. The maximum absolute atomic E-state index is 12.5. The summed E-state index contributed by atoms with van der Waals surface area (Å²) in [5, 5.41) is 4.06. The summed E-state index contributed by atoms with van der Waals surface area (Å²) in [5.74, 6) is 0.314. The number of rotatable bonds is 2. The lowest BCUT2D eigenvalue weighted by Crippen LogP contribution is -2.68. The van der Waals surface area contributed by atoms with Crippen LogP contribution in [0.4, 0.5) is 0 Å². The lowest BCUT2D eigenvalue weighted by atomic mass is 9.72. The van der Waals surface area contributed by atoms with Gasteiger partial charge in [0, 0.05) is 30.1 Å². The SMILES string of the molecule is NC1C2CCOC2C1NC(=O)c1cccc2cc[nH]c12. The zero-order valence-corrected chi connectivity index (χ0v) is 11.0. The number of amides is 1. The minimum Gasteiger partial charge on any atom is -0.376 e. The van der Waals surface area contributed by atoms with Crippen LogP contribution in [0.25, 0.3) is 10.9 Å². The fourth-order valence-corrected chi connectivity index (χ4v) is 3.43. The molecular weight excluding hydrogens is 254 g/mol. The van der Waals surface area contributed by atoms with Gasteiger partial charge >= 0.3 is 0 Å². The third-order valence-electron chi connectivity index (χ3n) is 4.58. The Balaban J connectivity index is 1.57. The summed E-state index contributed by atoms with van der Waals surface area (Å²) in [7, 11) is 0. The summed E-state index contributed by atoms with van der Waals surface area (Å²) in [4.78, 5) is 15.6. The van der Waals surface area contributed by atoms with Crippen molar-refractivity contribution < 1.29 is 9.53 Å². The number of carbonyl (C=O) groups is 1. The van der Waals surface area contributed by atoms with E-state index in [0.29, 0.717) is 11.5 Å². The number of ether oxygens (including phenoxy) is 1. The molecule has 0 bridgehead atoms. The molecule has 4 rings (SSSR count). The van der Waals surface area contributed by atoms with Crippen molar-refractivity contribution in [2.75, 3.05) is 6.61 Å². The number of fused-ring (bicyclic) bond motifs is 2. The number of hydrogen-bond donors (Lipinski definition) is 3. The van der Waals surface area contributed by atoms with Crippen molar-refractivity contribution >= 4 is 16.8 Å². The monoisotopic (exact) mass is 271 g/mol. The lowest BCUT2D eigenvalue weighted by Gasteiger charge is -2.45. The van der Waals surface area contributed by atoms with Crippen LogP contribution in [0.5, 0.6) is 0 Å². The molecule has 1 aliphatic heterocycles. The second-order valence-corrected chi connectivity index (χ2v) is 5.61. The number of aromatic amines is 1. The van der Waals surface area contributed by atoms with Crippen LogP contribution in [0.1, 0.15) is 16.8 Å². The number of carbonyl (C=O) groups excluding carboxylic acids is 1. The summed E-state index contributed by atoms with van der Waals surface area (Å²) in [6.45, 7) is 0.752. The number of para-hydroxylation sites is 1. The van der Waals surface area contributed by atoms with E-state index in [4.69, 9.17) is 10.5 Å². The van der Waals surface area contributed by atoms with E-state index in [1.54, 1.807) is 0 Å². The van der Waals surface area contributed by atoms with Gasteiger partial charge in [0.25, 0.3) is 5.91 Å². The van der Waals surface area contributed by atoms with Crippen molar-refractivity contribution in [3.63, 3.8) is 0 Å². The van der Waals surface area contributed by atoms with E-state index in [1.807, 2.05) is 30.5 Å². The molecule has 5 heteroatoms. The first-order chi connectivity index (χ1) is 9.75. The Morgan fingerprint density at radius 1 is 1.40 bits per heavy atom. The highest BCUT2D eigenvalue weighted by molar-refractivity contribution is 6.05. The Bertz CT molecular complexity index is 666. The number of aromatic nitrogens is 1. The van der Waals surface area contributed by atoms with Gasteiger partial charge in [0.1, 0.15) is 0 Å². The van der Waals surface area contributed by atoms with E-state index in [-0.39, 0.29) is 24.1 Å². The molecule has 0 spiro atoms. The molecule has 2 aliphatic rings. The van der Waals surface area contributed by atoms with Crippen LogP contribution in [0.15, 0.2) is 30.5 Å². The maximum Gasteiger partial charge on any atom is 0.253 e. The first-order valence-corrected chi connectivity index (χ1v) is 7.00. The topological polar surface area (TPSA) is 80.1 Å². The van der Waals surface area contributed by atoms with Gasteiger partial charge in [0.2, 0.25) is 0 Å². The Labute approximate surface area is 116 Å². The Hall–Kier alpha value is -1.85. The van der Waals surface area contributed by atoms with E-state index in [2.05, 4.69) is 10.3 Å². The fraction of sp³-hybridized carbons (Fsp3) is 0.400. The number of nitrogens with one attached hydrogen (secondary N) is 2. The van der Waals surface area contributed by atoms with Crippen molar-refractivity contribution in [2.45, 2.75) is 24.6 Å². The van der Waals surface area contributed by atoms with Gasteiger partial charge in [-0.05, 0) is 18.6 Å². The van der Waals surface area contributed by atoms with Gasteiger partial charge in [-0.1, -0.05) is 12.1 Å². The number of benzene rings is 1. The Kier molecular flexibility index (Phi) is 2.58. The predicted octanol–water partition coefficient (Wildman–Crippen LogP) is 1.01. The first kappa shape index (κ1) is 11.9. The second kappa shape index (κ2) is 4.33. The molecule has 1 aromatic carbocycles. The molecule has 2 heterocycles. The van der Waals surface area contributed by atoms with Crippen molar-refractivity contribution in [3.05, 3.63) is 36.0 Å². The van der Waals surface area contributed by atoms with Crippen LogP contribution in [0.3, 0.4) is 0 Å². The highest BCUT2D eigenvalue weighted by Crippen LogP contribution is 2.37. The van der Waals surface area contributed by atoms with Crippen molar-refractivity contribution in [1.29, 1.82) is 0 Å². The quantitative estimate of drug-likeness (QED) is 0.762. The minimum absolute atomic E-state index is 0.00861. The molecule has 20 heavy (non-hydrogen) atoms. The van der Waals surface area contributed by atoms with Gasteiger partial charge in [0.05, 0.1) is 23.2 Å². The second-order valence-electron chi connectivity index (χ2n) is 5.61. The third-order valence-corrected chi connectivity index (χ3v) is 4.58. The molecule has 104 valence electrons. The summed E-state index contributed by atoms with van der Waals surface area (Å²) in [6.07, 6.45) is 2.94. The Morgan fingerprint density at radius 2 is 2.30 bits per heavy atom. The maximum atomic E-state index is 12.5. The zero-order chi connectivity index (χ0) is 13.7. The molecule has 4 unspecified atom stereocenters. The first-order valence-electron chi connectivity index (χ1n) is 7.00. The van der Waals surface area contributed by atoms with Crippen LogP contribution in [-0.2, 0) is 4.74 Å². The van der Waals surface area contributed by atoms with Gasteiger partial charge in [-0.3, -0.25) is 4.79 Å². The van der Waals surface area contributed by atoms with Crippen molar-refractivity contribution in [1.82, 2.24) is 10.3 Å². The molecule has 4 atom stereocenters. The number of H-pyrrole nitrogens is 1. The van der Waals surface area contributed by atoms with Gasteiger partial charge in [0.15, 0.2) is 0 Å². The van der Waals surface area contributed by atoms with E-state index in [9.17, 15) is 4.79 Å². The van der Waals surface area contributed by atoms with Gasteiger partial charge in [-0.15, -0.1) is 0 Å². The molecule has 2 aromatic rings.